The van der Waals surface area contributed by atoms with E-state index in [2.05, 4.69) is 35.5 Å². The van der Waals surface area contributed by atoms with Crippen LogP contribution in [0.1, 0.15) is 39.5 Å². The van der Waals surface area contributed by atoms with Gasteiger partial charge in [-0.05, 0) is 50.6 Å². The zero-order valence-electron chi connectivity index (χ0n) is 12.1. The number of likely N-dealkylation sites (tertiary alicyclic amines) is 2. The van der Waals surface area contributed by atoms with Gasteiger partial charge in [0.2, 0.25) is 0 Å². The molecule has 18 heavy (non-hydrogen) atoms. The lowest BCUT2D eigenvalue weighted by molar-refractivity contribution is 0.201. The summed E-state index contributed by atoms with van der Waals surface area (Å²) in [5, 5.41) is 0. The lowest BCUT2D eigenvalue weighted by Gasteiger charge is -2.29. The number of hydrogen-bond acceptors (Lipinski definition) is 2. The molecule has 2 aliphatic rings. The summed E-state index contributed by atoms with van der Waals surface area (Å²) in [5.41, 5.74) is 0. The molecule has 2 heterocycles. The topological polar surface area (TPSA) is 6.48 Å². The van der Waals surface area contributed by atoms with Gasteiger partial charge in [-0.15, -0.1) is 0 Å². The molecular formula is C16H28N2. The minimum Gasteiger partial charge on any atom is -0.292 e. The van der Waals surface area contributed by atoms with Gasteiger partial charge in [0.1, 0.15) is 0 Å². The molecule has 0 spiro atoms. The van der Waals surface area contributed by atoms with Crippen molar-refractivity contribution < 1.29 is 0 Å². The summed E-state index contributed by atoms with van der Waals surface area (Å²) in [7, 11) is 0. The summed E-state index contributed by atoms with van der Waals surface area (Å²) in [6.07, 6.45) is 5.50. The Kier molecular flexibility index (Phi) is 5.53. The molecule has 2 nitrogen and oxygen atoms in total. The van der Waals surface area contributed by atoms with Crippen LogP contribution in [-0.4, -0.2) is 49.1 Å². The van der Waals surface area contributed by atoms with Gasteiger partial charge >= 0.3 is 0 Å². The second-order valence-corrected chi connectivity index (χ2v) is 6.32. The summed E-state index contributed by atoms with van der Waals surface area (Å²) in [5.74, 6) is 8.47. The van der Waals surface area contributed by atoms with Gasteiger partial charge in [0.15, 0.2) is 0 Å². The van der Waals surface area contributed by atoms with Crippen LogP contribution in [-0.2, 0) is 0 Å². The van der Waals surface area contributed by atoms with Crippen LogP contribution in [0.15, 0.2) is 0 Å². The van der Waals surface area contributed by atoms with Gasteiger partial charge in [-0.3, -0.25) is 9.80 Å². The molecule has 0 unspecified atom stereocenters. The number of nitrogens with zero attached hydrogens (tertiary/aromatic N) is 2. The summed E-state index contributed by atoms with van der Waals surface area (Å²) in [4.78, 5) is 5.03. The molecule has 0 aromatic carbocycles. The maximum atomic E-state index is 3.37. The Bertz CT molecular complexity index is 274. The van der Waals surface area contributed by atoms with Crippen LogP contribution < -0.4 is 0 Å². The van der Waals surface area contributed by atoms with Gasteiger partial charge in [0.05, 0.1) is 13.1 Å². The maximum Gasteiger partial charge on any atom is 0.0602 e. The molecule has 0 radical (unpaired) electrons. The molecule has 0 bridgehead atoms. The SMILES string of the molecule is C[C@@H]1CCCN(CC#CCN2CCC[C@H](C)C2)C1. The predicted octanol–water partition coefficient (Wildman–Crippen LogP) is 2.45. The third-order valence-corrected chi connectivity index (χ3v) is 4.21. The van der Waals surface area contributed by atoms with Crippen molar-refractivity contribution in [3.05, 3.63) is 0 Å². The molecule has 0 aliphatic carbocycles. The molecule has 2 aliphatic heterocycles. The fraction of sp³-hybridized carbons (Fsp3) is 0.875. The molecule has 2 fully saturated rings. The molecule has 0 amide bonds. The van der Waals surface area contributed by atoms with Gasteiger partial charge in [0.25, 0.3) is 0 Å². The molecule has 102 valence electrons. The van der Waals surface area contributed by atoms with Crippen LogP contribution in [0.3, 0.4) is 0 Å². The van der Waals surface area contributed by atoms with Crippen molar-refractivity contribution in [3.8, 4) is 11.8 Å². The molecule has 2 saturated heterocycles. The number of piperidine rings is 2. The first-order chi connectivity index (χ1) is 8.74. The molecule has 0 saturated carbocycles. The Balaban J connectivity index is 1.65. The summed E-state index contributed by atoms with van der Waals surface area (Å²) >= 11 is 0. The van der Waals surface area contributed by atoms with Crippen LogP contribution >= 0.6 is 0 Å². The summed E-state index contributed by atoms with van der Waals surface area (Å²) in [6, 6.07) is 0. The van der Waals surface area contributed by atoms with E-state index in [1.165, 1.54) is 51.9 Å². The van der Waals surface area contributed by atoms with E-state index in [0.29, 0.717) is 0 Å². The van der Waals surface area contributed by atoms with Gasteiger partial charge < -0.3 is 0 Å². The van der Waals surface area contributed by atoms with Gasteiger partial charge in [-0.25, -0.2) is 0 Å². The first-order valence-corrected chi connectivity index (χ1v) is 7.64. The van der Waals surface area contributed by atoms with Crippen molar-refractivity contribution in [2.45, 2.75) is 39.5 Å². The molecule has 2 atom stereocenters. The Morgan fingerprint density at radius 3 is 1.67 bits per heavy atom. The normalized spacial score (nSPS) is 30.8. The second-order valence-electron chi connectivity index (χ2n) is 6.32. The quantitative estimate of drug-likeness (QED) is 0.693. The zero-order valence-corrected chi connectivity index (χ0v) is 12.1. The highest BCUT2D eigenvalue weighted by atomic mass is 15.1. The van der Waals surface area contributed by atoms with E-state index in [1.807, 2.05) is 0 Å². The second kappa shape index (κ2) is 7.16. The van der Waals surface area contributed by atoms with Crippen molar-refractivity contribution in [3.63, 3.8) is 0 Å². The lowest BCUT2D eigenvalue weighted by Crippen LogP contribution is -2.35. The highest BCUT2D eigenvalue weighted by Gasteiger charge is 2.15. The van der Waals surface area contributed by atoms with Crippen molar-refractivity contribution in [1.29, 1.82) is 0 Å². The highest BCUT2D eigenvalue weighted by molar-refractivity contribution is 5.04. The van der Waals surface area contributed by atoms with Crippen LogP contribution in [0.5, 0.6) is 0 Å². The maximum absolute atomic E-state index is 3.37. The average molecular weight is 248 g/mol. The largest absolute Gasteiger partial charge is 0.292 e. The van der Waals surface area contributed by atoms with Crippen molar-refractivity contribution in [2.75, 3.05) is 39.3 Å². The summed E-state index contributed by atoms with van der Waals surface area (Å²) < 4.78 is 0. The van der Waals surface area contributed by atoms with Crippen molar-refractivity contribution >= 4 is 0 Å². The van der Waals surface area contributed by atoms with Crippen LogP contribution in [0, 0.1) is 23.7 Å². The Hall–Kier alpha value is -0.520. The average Bonchev–Trinajstić information content (AvgIpc) is 2.35. The molecule has 0 aromatic rings. The molecule has 0 N–H and O–H groups in total. The fourth-order valence-electron chi connectivity index (χ4n) is 3.20. The smallest absolute Gasteiger partial charge is 0.0602 e. The fourth-order valence-corrected chi connectivity index (χ4v) is 3.20. The van der Waals surface area contributed by atoms with E-state index in [0.717, 1.165) is 24.9 Å². The van der Waals surface area contributed by atoms with E-state index in [9.17, 15) is 0 Å². The van der Waals surface area contributed by atoms with E-state index in [-0.39, 0.29) is 0 Å². The third kappa shape index (κ3) is 4.63. The first kappa shape index (κ1) is 13.9. The number of rotatable bonds is 2. The van der Waals surface area contributed by atoms with Crippen LogP contribution in [0.2, 0.25) is 0 Å². The molecule has 2 heteroatoms. The van der Waals surface area contributed by atoms with E-state index in [4.69, 9.17) is 0 Å². The lowest BCUT2D eigenvalue weighted by atomic mass is 10.0. The Morgan fingerprint density at radius 1 is 0.833 bits per heavy atom. The van der Waals surface area contributed by atoms with Gasteiger partial charge in [-0.1, -0.05) is 25.7 Å². The minimum atomic E-state index is 0.864. The standard InChI is InChI=1S/C16H28N2/c1-15-7-5-11-17(13-15)9-3-4-10-18-12-6-8-16(2)14-18/h15-16H,5-14H2,1-2H3/t15-,16+. The highest BCUT2D eigenvalue weighted by Crippen LogP contribution is 2.15. The van der Waals surface area contributed by atoms with E-state index >= 15 is 0 Å². The van der Waals surface area contributed by atoms with Crippen molar-refractivity contribution in [1.82, 2.24) is 9.80 Å². The van der Waals surface area contributed by atoms with Crippen molar-refractivity contribution in [2.24, 2.45) is 11.8 Å². The van der Waals surface area contributed by atoms with Crippen LogP contribution in [0.4, 0.5) is 0 Å². The van der Waals surface area contributed by atoms with Crippen LogP contribution in [0.25, 0.3) is 0 Å². The predicted molar refractivity (Wildman–Crippen MR) is 77.5 cm³/mol. The zero-order chi connectivity index (χ0) is 12.8. The van der Waals surface area contributed by atoms with Gasteiger partial charge in [0, 0.05) is 13.1 Å². The minimum absolute atomic E-state index is 0.864. The first-order valence-electron chi connectivity index (χ1n) is 7.64. The Labute approximate surface area is 113 Å². The monoisotopic (exact) mass is 248 g/mol. The summed E-state index contributed by atoms with van der Waals surface area (Å²) in [6.45, 7) is 11.7. The molecule has 2 rings (SSSR count). The van der Waals surface area contributed by atoms with Gasteiger partial charge in [-0.2, -0.15) is 0 Å². The van der Waals surface area contributed by atoms with E-state index < -0.39 is 0 Å². The Morgan fingerprint density at radius 2 is 1.28 bits per heavy atom. The molecular weight excluding hydrogens is 220 g/mol. The number of hydrogen-bond donors (Lipinski definition) is 0. The third-order valence-electron chi connectivity index (χ3n) is 4.21. The van der Waals surface area contributed by atoms with E-state index in [1.54, 1.807) is 0 Å². The molecule has 0 aromatic heterocycles.